The highest BCUT2D eigenvalue weighted by molar-refractivity contribution is 6.30. The molecule has 1 aromatic rings. The molecule has 1 heterocycles. The number of rotatable bonds is 2. The second-order valence-corrected chi connectivity index (χ2v) is 7.49. The van der Waals surface area contributed by atoms with E-state index in [-0.39, 0.29) is 23.2 Å². The van der Waals surface area contributed by atoms with E-state index in [4.69, 9.17) is 22.1 Å². The minimum absolute atomic E-state index is 0.0399. The van der Waals surface area contributed by atoms with Crippen molar-refractivity contribution >= 4 is 17.7 Å². The Morgan fingerprint density at radius 3 is 2.65 bits per heavy atom. The highest BCUT2D eigenvalue weighted by Gasteiger charge is 2.40. The van der Waals surface area contributed by atoms with Crippen molar-refractivity contribution in [3.63, 3.8) is 0 Å². The Balaban J connectivity index is 2.22. The molecule has 4 nitrogen and oxygen atoms in total. The minimum atomic E-state index is -0.569. The second-order valence-electron chi connectivity index (χ2n) is 7.08. The van der Waals surface area contributed by atoms with E-state index < -0.39 is 17.5 Å². The van der Waals surface area contributed by atoms with Crippen LogP contribution in [0.4, 0.5) is 9.18 Å². The van der Waals surface area contributed by atoms with Gasteiger partial charge in [0.2, 0.25) is 0 Å². The van der Waals surface area contributed by atoms with Crippen LogP contribution in [0.15, 0.2) is 18.2 Å². The zero-order valence-corrected chi connectivity index (χ0v) is 14.7. The summed E-state index contributed by atoms with van der Waals surface area (Å²) in [6.45, 7) is 7.46. The first kappa shape index (κ1) is 18.0. The Bertz CT molecular complexity index is 588. The van der Waals surface area contributed by atoms with Crippen molar-refractivity contribution < 1.29 is 13.9 Å². The molecule has 2 unspecified atom stereocenters. The number of likely N-dealkylation sites (tertiary alicyclic amines) is 1. The van der Waals surface area contributed by atoms with Gasteiger partial charge < -0.3 is 15.4 Å². The van der Waals surface area contributed by atoms with Gasteiger partial charge in [0.25, 0.3) is 0 Å². The molecule has 0 radical (unpaired) electrons. The lowest BCUT2D eigenvalue weighted by Gasteiger charge is -2.34. The fourth-order valence-electron chi connectivity index (χ4n) is 2.94. The van der Waals surface area contributed by atoms with Gasteiger partial charge in [-0.3, -0.25) is 0 Å². The number of carbonyl (C=O) groups excluding carboxylic acids is 1. The second kappa shape index (κ2) is 6.65. The Kier molecular flexibility index (Phi) is 5.21. The highest BCUT2D eigenvalue weighted by Crippen LogP contribution is 2.33. The Morgan fingerprint density at radius 2 is 2.09 bits per heavy atom. The zero-order chi connectivity index (χ0) is 17.4. The average Bonchev–Trinajstić information content (AvgIpc) is 2.81. The van der Waals surface area contributed by atoms with Gasteiger partial charge in [0, 0.05) is 6.04 Å². The number of halogens is 2. The SMILES string of the molecule is CC1CCC([C@@H](N)c2ccc(Cl)c(F)c2)N1C(=O)OC(C)(C)C. The summed E-state index contributed by atoms with van der Waals surface area (Å²) in [7, 11) is 0. The van der Waals surface area contributed by atoms with Gasteiger partial charge in [0.1, 0.15) is 11.4 Å². The van der Waals surface area contributed by atoms with Crippen molar-refractivity contribution in [1.82, 2.24) is 4.90 Å². The first-order valence-electron chi connectivity index (χ1n) is 7.82. The van der Waals surface area contributed by atoms with Gasteiger partial charge in [0.15, 0.2) is 0 Å². The molecule has 1 saturated heterocycles. The van der Waals surface area contributed by atoms with Crippen LogP contribution in [0.3, 0.4) is 0 Å². The van der Waals surface area contributed by atoms with Crippen molar-refractivity contribution in [2.45, 2.75) is 64.3 Å². The van der Waals surface area contributed by atoms with Crippen LogP contribution in [0.5, 0.6) is 0 Å². The van der Waals surface area contributed by atoms with E-state index in [1.807, 2.05) is 27.7 Å². The molecule has 1 aliphatic rings. The third-order valence-corrected chi connectivity index (χ3v) is 4.37. The molecule has 23 heavy (non-hydrogen) atoms. The fraction of sp³-hybridized carbons (Fsp3) is 0.588. The van der Waals surface area contributed by atoms with Gasteiger partial charge in [-0.05, 0) is 58.2 Å². The van der Waals surface area contributed by atoms with Crippen LogP contribution in [-0.2, 0) is 4.74 Å². The van der Waals surface area contributed by atoms with Crippen LogP contribution in [0, 0.1) is 5.82 Å². The molecular weight excluding hydrogens is 319 g/mol. The van der Waals surface area contributed by atoms with Gasteiger partial charge in [-0.15, -0.1) is 0 Å². The van der Waals surface area contributed by atoms with Crippen LogP contribution in [0.1, 0.15) is 52.1 Å². The summed E-state index contributed by atoms with van der Waals surface area (Å²) >= 11 is 5.72. The number of ether oxygens (including phenoxy) is 1. The molecule has 2 rings (SSSR count). The van der Waals surface area contributed by atoms with Crippen LogP contribution >= 0.6 is 11.6 Å². The first-order valence-corrected chi connectivity index (χ1v) is 8.20. The molecule has 3 atom stereocenters. The molecular formula is C17H24ClFN2O2. The summed E-state index contributed by atoms with van der Waals surface area (Å²) in [6.07, 6.45) is 1.22. The largest absolute Gasteiger partial charge is 0.444 e. The average molecular weight is 343 g/mol. The summed E-state index contributed by atoms with van der Waals surface area (Å²) in [4.78, 5) is 14.2. The summed E-state index contributed by atoms with van der Waals surface area (Å²) in [5.41, 5.74) is 6.37. The Labute approximate surface area is 141 Å². The van der Waals surface area contributed by atoms with E-state index in [0.29, 0.717) is 5.56 Å². The Morgan fingerprint density at radius 1 is 1.43 bits per heavy atom. The van der Waals surface area contributed by atoms with Crippen LogP contribution in [0.25, 0.3) is 0 Å². The number of nitrogens with zero attached hydrogens (tertiary/aromatic N) is 1. The molecule has 6 heteroatoms. The molecule has 0 saturated carbocycles. The third kappa shape index (κ3) is 4.15. The molecule has 0 bridgehead atoms. The maximum atomic E-state index is 13.7. The summed E-state index contributed by atoms with van der Waals surface area (Å²) in [6, 6.07) is 3.86. The van der Waals surface area contributed by atoms with Crippen molar-refractivity contribution in [2.75, 3.05) is 0 Å². The number of hydrogen-bond donors (Lipinski definition) is 1. The van der Waals surface area contributed by atoms with E-state index >= 15 is 0 Å². The van der Waals surface area contributed by atoms with E-state index in [0.717, 1.165) is 12.8 Å². The zero-order valence-electron chi connectivity index (χ0n) is 14.0. The van der Waals surface area contributed by atoms with Gasteiger partial charge in [-0.25, -0.2) is 9.18 Å². The maximum Gasteiger partial charge on any atom is 0.410 e. The standard InChI is InChI=1S/C17H24ClFN2O2/c1-10-5-8-14(21(10)16(22)23-17(2,3)4)15(20)11-6-7-12(18)13(19)9-11/h6-7,9-10,14-15H,5,8,20H2,1-4H3/t10?,14?,15-/m0/s1. The minimum Gasteiger partial charge on any atom is -0.444 e. The highest BCUT2D eigenvalue weighted by atomic mass is 35.5. The topological polar surface area (TPSA) is 55.6 Å². The molecule has 1 fully saturated rings. The van der Waals surface area contributed by atoms with E-state index in [2.05, 4.69) is 0 Å². The molecule has 128 valence electrons. The predicted octanol–water partition coefficient (Wildman–Crippen LogP) is 4.27. The van der Waals surface area contributed by atoms with Crippen LogP contribution in [-0.4, -0.2) is 28.7 Å². The molecule has 0 spiro atoms. The van der Waals surface area contributed by atoms with Crippen molar-refractivity contribution in [1.29, 1.82) is 0 Å². The number of benzene rings is 1. The number of nitrogens with two attached hydrogens (primary N) is 1. The summed E-state index contributed by atoms with van der Waals surface area (Å²) in [5, 5.41) is 0.0599. The molecule has 2 N–H and O–H groups in total. The molecule has 1 aliphatic heterocycles. The number of amides is 1. The van der Waals surface area contributed by atoms with Gasteiger partial charge in [-0.1, -0.05) is 17.7 Å². The third-order valence-electron chi connectivity index (χ3n) is 4.06. The lowest BCUT2D eigenvalue weighted by Crippen LogP contribution is -2.47. The lowest BCUT2D eigenvalue weighted by atomic mass is 9.98. The number of hydrogen-bond acceptors (Lipinski definition) is 3. The van der Waals surface area contributed by atoms with Gasteiger partial charge >= 0.3 is 6.09 Å². The Hall–Kier alpha value is -1.33. The summed E-state index contributed by atoms with van der Waals surface area (Å²) in [5.74, 6) is -0.505. The van der Waals surface area contributed by atoms with Crippen molar-refractivity contribution in [3.05, 3.63) is 34.6 Å². The normalized spacial score (nSPS) is 23.0. The monoisotopic (exact) mass is 342 g/mol. The molecule has 0 aromatic heterocycles. The van der Waals surface area contributed by atoms with E-state index in [1.165, 1.54) is 12.1 Å². The quantitative estimate of drug-likeness (QED) is 0.873. The van der Waals surface area contributed by atoms with Crippen molar-refractivity contribution in [2.24, 2.45) is 5.73 Å². The lowest BCUT2D eigenvalue weighted by molar-refractivity contribution is 0.0138. The number of carbonyl (C=O) groups is 1. The molecule has 1 amide bonds. The molecule has 0 aliphatic carbocycles. The summed E-state index contributed by atoms with van der Waals surface area (Å²) < 4.78 is 19.2. The van der Waals surface area contributed by atoms with Crippen LogP contribution < -0.4 is 5.73 Å². The van der Waals surface area contributed by atoms with E-state index in [9.17, 15) is 9.18 Å². The first-order chi connectivity index (χ1) is 10.6. The smallest absolute Gasteiger partial charge is 0.410 e. The fourth-order valence-corrected chi connectivity index (χ4v) is 3.06. The molecule has 1 aromatic carbocycles. The predicted molar refractivity (Wildman–Crippen MR) is 88.9 cm³/mol. The maximum absolute atomic E-state index is 13.7. The van der Waals surface area contributed by atoms with Gasteiger partial charge in [0.05, 0.1) is 17.1 Å². The van der Waals surface area contributed by atoms with Gasteiger partial charge in [-0.2, -0.15) is 0 Å². The van der Waals surface area contributed by atoms with E-state index in [1.54, 1.807) is 11.0 Å². The van der Waals surface area contributed by atoms with Crippen molar-refractivity contribution in [3.8, 4) is 0 Å². The van der Waals surface area contributed by atoms with Crippen LogP contribution in [0.2, 0.25) is 5.02 Å².